The van der Waals surface area contributed by atoms with Gasteiger partial charge in [0.2, 0.25) is 0 Å². The highest BCUT2D eigenvalue weighted by Gasteiger charge is 2.31. The third-order valence-electron chi connectivity index (χ3n) is 2.56. The molecule has 1 amide bonds. The highest BCUT2D eigenvalue weighted by molar-refractivity contribution is 8.13. The van der Waals surface area contributed by atoms with E-state index in [1.807, 2.05) is 32.5 Å². The Morgan fingerprint density at radius 3 is 2.42 bits per heavy atom. The van der Waals surface area contributed by atoms with Gasteiger partial charge >= 0.3 is 0 Å². The molecule has 0 N–H and O–H groups in total. The van der Waals surface area contributed by atoms with Crippen molar-refractivity contribution in [2.24, 2.45) is 4.99 Å². The van der Waals surface area contributed by atoms with Gasteiger partial charge in [-0.1, -0.05) is 35.5 Å². The number of hydrazine groups is 1. The van der Waals surface area contributed by atoms with E-state index in [0.29, 0.717) is 15.9 Å². The zero-order valence-corrected chi connectivity index (χ0v) is 12.5. The van der Waals surface area contributed by atoms with Gasteiger partial charge in [-0.15, -0.1) is 0 Å². The third-order valence-corrected chi connectivity index (χ3v) is 3.45. The van der Waals surface area contributed by atoms with Crippen LogP contribution < -0.4 is 0 Å². The van der Waals surface area contributed by atoms with Crippen LogP contribution in [0.1, 0.15) is 5.56 Å². The molecule has 6 heteroatoms. The van der Waals surface area contributed by atoms with Crippen LogP contribution in [0.25, 0.3) is 6.08 Å². The standard InChI is InChI=1S/C13H14ClN3OS/c1-16(2)17-12(18)11(15-13(17)19-3)8-9-4-6-10(14)7-5-9/h4-8H,1-3H3/b11-8-. The summed E-state index contributed by atoms with van der Waals surface area (Å²) in [6, 6.07) is 7.29. The number of amides is 1. The number of amidine groups is 1. The highest BCUT2D eigenvalue weighted by Crippen LogP contribution is 2.23. The molecule has 2 rings (SSSR count). The first-order chi connectivity index (χ1) is 9.02. The minimum atomic E-state index is -0.121. The molecule has 1 aliphatic rings. The maximum atomic E-state index is 12.2. The van der Waals surface area contributed by atoms with E-state index >= 15 is 0 Å². The van der Waals surface area contributed by atoms with E-state index in [1.165, 1.54) is 11.8 Å². The van der Waals surface area contributed by atoms with Gasteiger partial charge < -0.3 is 0 Å². The molecular weight excluding hydrogens is 282 g/mol. The molecule has 1 aromatic carbocycles. The second-order valence-electron chi connectivity index (χ2n) is 4.14. The number of carbonyl (C=O) groups excluding carboxylic acids is 1. The number of thioether (sulfide) groups is 1. The molecule has 0 saturated heterocycles. The predicted molar refractivity (Wildman–Crippen MR) is 80.9 cm³/mol. The number of nitrogens with zero attached hydrogens (tertiary/aromatic N) is 3. The maximum absolute atomic E-state index is 12.2. The minimum Gasteiger partial charge on any atom is -0.265 e. The number of carbonyl (C=O) groups is 1. The first-order valence-corrected chi connectivity index (χ1v) is 7.25. The molecular formula is C13H14ClN3OS. The van der Waals surface area contributed by atoms with Gasteiger partial charge in [-0.2, -0.15) is 0 Å². The molecule has 19 heavy (non-hydrogen) atoms. The van der Waals surface area contributed by atoms with Gasteiger partial charge in [0.05, 0.1) is 0 Å². The number of hydrogen-bond acceptors (Lipinski definition) is 4. The van der Waals surface area contributed by atoms with Crippen LogP contribution in [0.3, 0.4) is 0 Å². The van der Waals surface area contributed by atoms with Gasteiger partial charge in [0.1, 0.15) is 5.70 Å². The van der Waals surface area contributed by atoms with Crippen LogP contribution >= 0.6 is 23.4 Å². The van der Waals surface area contributed by atoms with Gasteiger partial charge in [0.25, 0.3) is 5.91 Å². The van der Waals surface area contributed by atoms with E-state index in [1.54, 1.807) is 28.2 Å². The van der Waals surface area contributed by atoms with Crippen molar-refractivity contribution in [1.29, 1.82) is 0 Å². The predicted octanol–water partition coefficient (Wildman–Crippen LogP) is 2.72. The molecule has 1 aliphatic heterocycles. The summed E-state index contributed by atoms with van der Waals surface area (Å²) in [5, 5.41) is 4.62. The van der Waals surface area contributed by atoms with Crippen LogP contribution in [-0.2, 0) is 4.79 Å². The molecule has 0 atom stereocenters. The fourth-order valence-corrected chi connectivity index (χ4v) is 2.42. The van der Waals surface area contributed by atoms with E-state index in [2.05, 4.69) is 4.99 Å². The molecule has 0 aromatic heterocycles. The smallest absolute Gasteiger partial charge is 0.265 e. The Morgan fingerprint density at radius 1 is 1.32 bits per heavy atom. The number of halogens is 1. The average molecular weight is 296 g/mol. The lowest BCUT2D eigenvalue weighted by Gasteiger charge is -2.23. The van der Waals surface area contributed by atoms with E-state index < -0.39 is 0 Å². The molecule has 0 saturated carbocycles. The van der Waals surface area contributed by atoms with Crippen molar-refractivity contribution in [2.75, 3.05) is 20.4 Å². The Hall–Kier alpha value is -1.30. The summed E-state index contributed by atoms with van der Waals surface area (Å²) in [4.78, 5) is 16.6. The van der Waals surface area contributed by atoms with Crippen LogP contribution in [0.15, 0.2) is 35.0 Å². The lowest BCUT2D eigenvalue weighted by Crippen LogP contribution is -2.41. The molecule has 1 aromatic rings. The summed E-state index contributed by atoms with van der Waals surface area (Å²) in [6.07, 6.45) is 3.66. The summed E-state index contributed by atoms with van der Waals surface area (Å²) >= 11 is 7.27. The van der Waals surface area contributed by atoms with Crippen molar-refractivity contribution >= 4 is 40.5 Å². The van der Waals surface area contributed by atoms with Crippen molar-refractivity contribution < 1.29 is 4.79 Å². The largest absolute Gasteiger partial charge is 0.293 e. The van der Waals surface area contributed by atoms with Gasteiger partial charge in [-0.3, -0.25) is 4.79 Å². The van der Waals surface area contributed by atoms with Gasteiger partial charge in [-0.05, 0) is 30.0 Å². The molecule has 0 bridgehead atoms. The molecule has 0 aliphatic carbocycles. The topological polar surface area (TPSA) is 35.9 Å². The van der Waals surface area contributed by atoms with Crippen molar-refractivity contribution in [1.82, 2.24) is 10.0 Å². The molecule has 0 spiro atoms. The molecule has 0 fully saturated rings. The van der Waals surface area contributed by atoms with Crippen LogP contribution in [0.4, 0.5) is 0 Å². The zero-order chi connectivity index (χ0) is 14.0. The SMILES string of the molecule is CSC1=N/C(=C\c2ccc(Cl)cc2)C(=O)N1N(C)C. The molecule has 0 radical (unpaired) electrons. The zero-order valence-electron chi connectivity index (χ0n) is 10.9. The Balaban J connectivity index is 2.33. The number of aliphatic imine (C=N–C) groups is 1. The van der Waals surface area contributed by atoms with Crippen molar-refractivity contribution in [3.8, 4) is 0 Å². The Kier molecular flexibility index (Phi) is 4.29. The lowest BCUT2D eigenvalue weighted by molar-refractivity contribution is -0.130. The summed E-state index contributed by atoms with van der Waals surface area (Å²) in [5.74, 6) is -0.121. The number of benzene rings is 1. The van der Waals surface area contributed by atoms with E-state index in [0.717, 1.165) is 5.56 Å². The monoisotopic (exact) mass is 295 g/mol. The molecule has 0 unspecified atom stereocenters. The Bertz CT molecular complexity index is 552. The second kappa shape index (κ2) is 5.77. The van der Waals surface area contributed by atoms with E-state index in [9.17, 15) is 4.79 Å². The lowest BCUT2D eigenvalue weighted by atomic mass is 10.2. The summed E-state index contributed by atoms with van der Waals surface area (Å²) < 4.78 is 0. The maximum Gasteiger partial charge on any atom is 0.293 e. The fraction of sp³-hybridized carbons (Fsp3) is 0.231. The first kappa shape index (κ1) is 14.1. The normalized spacial score (nSPS) is 17.5. The summed E-state index contributed by atoms with van der Waals surface area (Å²) in [6.45, 7) is 0. The number of rotatable bonds is 2. The van der Waals surface area contributed by atoms with Crippen molar-refractivity contribution in [3.63, 3.8) is 0 Å². The van der Waals surface area contributed by atoms with Gasteiger partial charge in [0, 0.05) is 19.1 Å². The highest BCUT2D eigenvalue weighted by atomic mass is 35.5. The molecule has 1 heterocycles. The number of hydrogen-bond donors (Lipinski definition) is 0. The van der Waals surface area contributed by atoms with Crippen LogP contribution in [0, 0.1) is 0 Å². The van der Waals surface area contributed by atoms with Crippen molar-refractivity contribution in [2.45, 2.75) is 0 Å². The average Bonchev–Trinajstić information content (AvgIpc) is 2.69. The second-order valence-corrected chi connectivity index (χ2v) is 5.35. The van der Waals surface area contributed by atoms with Gasteiger partial charge in [0.15, 0.2) is 5.17 Å². The van der Waals surface area contributed by atoms with Crippen molar-refractivity contribution in [3.05, 3.63) is 40.5 Å². The van der Waals surface area contributed by atoms with Crippen LogP contribution in [0.2, 0.25) is 5.02 Å². The summed E-state index contributed by atoms with van der Waals surface area (Å²) in [7, 11) is 3.63. The first-order valence-electron chi connectivity index (χ1n) is 5.64. The third kappa shape index (κ3) is 3.00. The Morgan fingerprint density at radius 2 is 1.95 bits per heavy atom. The molecule has 4 nitrogen and oxygen atoms in total. The summed E-state index contributed by atoms with van der Waals surface area (Å²) in [5.41, 5.74) is 1.33. The van der Waals surface area contributed by atoms with Crippen LogP contribution in [0.5, 0.6) is 0 Å². The van der Waals surface area contributed by atoms with Gasteiger partial charge in [-0.25, -0.2) is 15.0 Å². The minimum absolute atomic E-state index is 0.121. The van der Waals surface area contributed by atoms with E-state index in [4.69, 9.17) is 11.6 Å². The van der Waals surface area contributed by atoms with Crippen LogP contribution in [-0.4, -0.2) is 41.4 Å². The molecule has 100 valence electrons. The fourth-order valence-electron chi connectivity index (χ4n) is 1.69. The van der Waals surface area contributed by atoms with E-state index in [-0.39, 0.29) is 5.91 Å². The quantitative estimate of drug-likeness (QED) is 0.787. The Labute approximate surface area is 121 Å².